The van der Waals surface area contributed by atoms with Gasteiger partial charge in [-0.05, 0) is 124 Å². The molecule has 352 valence electrons. The molecule has 16 heteroatoms. The van der Waals surface area contributed by atoms with Gasteiger partial charge in [0.05, 0.1) is 23.4 Å². The molecule has 0 spiro atoms. The van der Waals surface area contributed by atoms with E-state index in [0.29, 0.717) is 47.6 Å². The van der Waals surface area contributed by atoms with E-state index >= 15 is 0 Å². The number of rotatable bonds is 12. The summed E-state index contributed by atoms with van der Waals surface area (Å²) >= 11 is 0. The van der Waals surface area contributed by atoms with Crippen molar-refractivity contribution in [3.8, 4) is 11.1 Å². The van der Waals surface area contributed by atoms with Crippen LogP contribution >= 0.6 is 0 Å². The van der Waals surface area contributed by atoms with Gasteiger partial charge in [0.25, 0.3) is 23.3 Å². The second-order valence-electron chi connectivity index (χ2n) is 18.5. The number of nitrogens with zero attached hydrogens (tertiary/aromatic N) is 6. The number of hydrogen-bond acceptors (Lipinski definition) is 11. The van der Waals surface area contributed by atoms with Crippen LogP contribution in [0.1, 0.15) is 92.5 Å². The van der Waals surface area contributed by atoms with Crippen LogP contribution in [0.3, 0.4) is 0 Å². The summed E-state index contributed by atoms with van der Waals surface area (Å²) in [6.45, 7) is 16.5. The lowest BCUT2D eigenvalue weighted by Crippen LogP contribution is -2.58. The zero-order chi connectivity index (χ0) is 46.9. The topological polar surface area (TPSA) is 171 Å². The lowest BCUT2D eigenvalue weighted by atomic mass is 9.94. The van der Waals surface area contributed by atoms with Gasteiger partial charge in [0.15, 0.2) is 0 Å². The van der Waals surface area contributed by atoms with E-state index in [1.54, 1.807) is 12.1 Å². The molecule has 4 aromatic rings. The van der Waals surface area contributed by atoms with Crippen molar-refractivity contribution in [2.75, 3.05) is 86.8 Å². The van der Waals surface area contributed by atoms with E-state index in [-0.39, 0.29) is 36.5 Å². The zero-order valence-electron chi connectivity index (χ0n) is 39.0. The van der Waals surface area contributed by atoms with Crippen LogP contribution < -0.4 is 30.9 Å². The van der Waals surface area contributed by atoms with Crippen molar-refractivity contribution in [1.82, 2.24) is 30.5 Å². The van der Waals surface area contributed by atoms with Crippen molar-refractivity contribution in [1.29, 1.82) is 0 Å². The molecule has 5 aliphatic rings. The Hall–Kier alpha value is -6.52. The molecule has 6 amide bonds. The Kier molecular flexibility index (Phi) is 13.2. The number of anilines is 3. The second-order valence-corrected chi connectivity index (χ2v) is 18.5. The predicted octanol–water partition coefficient (Wildman–Crippen LogP) is 5.39. The maximum Gasteiger partial charge on any atom is 0.343 e. The maximum atomic E-state index is 14.1. The molecular formula is C51H61N9O7. The predicted molar refractivity (Wildman–Crippen MR) is 257 cm³/mol. The van der Waals surface area contributed by atoms with Gasteiger partial charge < -0.3 is 29.7 Å². The number of hydrazine groups is 1. The molecule has 0 bridgehead atoms. The largest absolute Gasteiger partial charge is 0.381 e. The normalized spacial score (nSPS) is 18.7. The minimum absolute atomic E-state index is 0.0143. The first kappa shape index (κ1) is 45.6. The molecule has 67 heavy (non-hydrogen) atoms. The fourth-order valence-electron chi connectivity index (χ4n) is 10.6. The number of carbonyl (C=O) groups is 5. The number of benzene rings is 3. The van der Waals surface area contributed by atoms with E-state index < -0.39 is 23.8 Å². The number of piperazine rings is 1. The summed E-state index contributed by atoms with van der Waals surface area (Å²) in [4.78, 5) is 90.6. The van der Waals surface area contributed by atoms with Crippen molar-refractivity contribution in [2.45, 2.75) is 72.4 Å². The number of aromatic amines is 1. The molecule has 0 unspecified atom stereocenters. The summed E-state index contributed by atoms with van der Waals surface area (Å²) in [5.74, 6) is -1.24. The zero-order valence-corrected chi connectivity index (χ0v) is 39.0. The number of pyridine rings is 1. The van der Waals surface area contributed by atoms with Crippen LogP contribution in [0.5, 0.6) is 0 Å². The van der Waals surface area contributed by atoms with Crippen LogP contribution in [-0.4, -0.2) is 128 Å². The van der Waals surface area contributed by atoms with Crippen molar-refractivity contribution < 1.29 is 28.7 Å². The number of piperidine rings is 1. The van der Waals surface area contributed by atoms with E-state index in [4.69, 9.17) is 4.74 Å². The van der Waals surface area contributed by atoms with Crippen LogP contribution in [-0.2, 0) is 16.1 Å². The molecule has 6 heterocycles. The monoisotopic (exact) mass is 911 g/mol. The summed E-state index contributed by atoms with van der Waals surface area (Å²) in [5, 5.41) is 7.18. The number of aryl methyl sites for hydroxylation is 2. The first-order chi connectivity index (χ1) is 32.4. The molecule has 0 atom stereocenters. The number of carbonyl (C=O) groups excluding carboxylic acids is 5. The first-order valence-corrected chi connectivity index (χ1v) is 23.8. The number of hydrogen-bond donors (Lipinski definition) is 3. The number of nitrogens with one attached hydrogen (secondary N) is 3. The molecule has 4 fully saturated rings. The van der Waals surface area contributed by atoms with Gasteiger partial charge in [-0.15, -0.1) is 0 Å². The van der Waals surface area contributed by atoms with Crippen LogP contribution in [0, 0.1) is 26.7 Å². The van der Waals surface area contributed by atoms with Crippen LogP contribution in [0.15, 0.2) is 65.5 Å². The number of ether oxygens (including phenoxy) is 1. The smallest absolute Gasteiger partial charge is 0.343 e. The molecule has 9 rings (SSSR count). The van der Waals surface area contributed by atoms with E-state index in [1.807, 2.05) is 39.0 Å². The summed E-state index contributed by atoms with van der Waals surface area (Å²) in [6, 6.07) is 19.6. The summed E-state index contributed by atoms with van der Waals surface area (Å²) in [5.41, 5.74) is 9.00. The SMILES string of the molecule is CCN(c1cc(-c2ccc(N3CCN(CC4CCN(c5cccc6c5C(=O)N(N5CCC(=O)NC5=O)C6=O)CC4)CC3)cc2)cc(C(=O)NCc2c(C)cc(C)[nH]c2=O)c1C)C1CCOCC1. The van der Waals surface area contributed by atoms with Gasteiger partial charge in [-0.25, -0.2) is 9.80 Å². The van der Waals surface area contributed by atoms with Gasteiger partial charge in [0.2, 0.25) is 5.91 Å². The Balaban J connectivity index is 0.829. The Morgan fingerprint density at radius 3 is 2.22 bits per heavy atom. The van der Waals surface area contributed by atoms with Crippen molar-refractivity contribution in [3.05, 3.63) is 110 Å². The van der Waals surface area contributed by atoms with Gasteiger partial charge in [-0.1, -0.05) is 18.2 Å². The highest BCUT2D eigenvalue weighted by Gasteiger charge is 2.45. The summed E-state index contributed by atoms with van der Waals surface area (Å²) < 4.78 is 5.71. The Morgan fingerprint density at radius 2 is 1.54 bits per heavy atom. The molecule has 4 saturated heterocycles. The number of H-pyrrole nitrogens is 1. The fourth-order valence-corrected chi connectivity index (χ4v) is 10.6. The average molecular weight is 912 g/mol. The first-order valence-electron chi connectivity index (χ1n) is 23.8. The van der Waals surface area contributed by atoms with Crippen molar-refractivity contribution in [2.24, 2.45) is 5.92 Å². The van der Waals surface area contributed by atoms with Gasteiger partial charge in [-0.3, -0.25) is 34.2 Å². The maximum absolute atomic E-state index is 14.1. The molecule has 5 aliphatic heterocycles. The highest BCUT2D eigenvalue weighted by Crippen LogP contribution is 2.37. The Labute approximate surface area is 391 Å². The minimum atomic E-state index is -0.770. The van der Waals surface area contributed by atoms with Crippen LogP contribution in [0.2, 0.25) is 0 Å². The second kappa shape index (κ2) is 19.4. The van der Waals surface area contributed by atoms with Gasteiger partial charge in [0.1, 0.15) is 0 Å². The van der Waals surface area contributed by atoms with Crippen LogP contribution in [0.4, 0.5) is 21.9 Å². The molecule has 1 aromatic heterocycles. The molecule has 3 aromatic carbocycles. The van der Waals surface area contributed by atoms with E-state index in [1.165, 1.54) is 0 Å². The van der Waals surface area contributed by atoms with Gasteiger partial charge in [0, 0.05) is 113 Å². The Morgan fingerprint density at radius 1 is 0.806 bits per heavy atom. The minimum Gasteiger partial charge on any atom is -0.381 e. The van der Waals surface area contributed by atoms with Crippen molar-refractivity contribution in [3.63, 3.8) is 0 Å². The molecule has 0 saturated carbocycles. The van der Waals surface area contributed by atoms with E-state index in [9.17, 15) is 28.8 Å². The number of amides is 6. The van der Waals surface area contributed by atoms with Gasteiger partial charge in [-0.2, -0.15) is 5.01 Å². The summed E-state index contributed by atoms with van der Waals surface area (Å²) in [7, 11) is 0. The summed E-state index contributed by atoms with van der Waals surface area (Å²) in [6.07, 6.45) is 3.77. The third kappa shape index (κ3) is 9.29. The third-order valence-electron chi connectivity index (χ3n) is 14.4. The standard InChI is InChI=1S/C51H61N9O7/c1-5-58(39-16-25-67-26-17-39)44-29-37(28-41(34(44)4)47(62)52-30-42-32(2)27-33(3)53-48(42)63)36-9-11-38(12-10-36)56-23-21-55(22-24-56)31-35-13-18-57(19-14-35)43-8-6-7-40-46(43)50(65)60(49(40)64)59-20-15-45(61)54-51(59)66/h6-12,27-29,35,39H,5,13-26,30-31H2,1-4H3,(H,52,62)(H,53,63)(H,54,61,66). The quantitative estimate of drug-likeness (QED) is 0.156. The van der Waals surface area contributed by atoms with Crippen molar-refractivity contribution >= 4 is 46.7 Å². The molecule has 3 N–H and O–H groups in total. The lowest BCUT2D eigenvalue weighted by molar-refractivity contribution is -0.122. The Bertz CT molecular complexity index is 2630. The lowest BCUT2D eigenvalue weighted by Gasteiger charge is -2.40. The highest BCUT2D eigenvalue weighted by atomic mass is 16.5. The molecule has 0 aliphatic carbocycles. The van der Waals surface area contributed by atoms with E-state index in [2.05, 4.69) is 72.5 Å². The number of aromatic nitrogens is 1. The third-order valence-corrected chi connectivity index (χ3v) is 14.4. The molecule has 16 nitrogen and oxygen atoms in total. The number of imide groups is 2. The van der Waals surface area contributed by atoms with Crippen LogP contribution in [0.25, 0.3) is 11.1 Å². The van der Waals surface area contributed by atoms with E-state index in [0.717, 1.165) is 127 Å². The molecule has 0 radical (unpaired) electrons. The fraction of sp³-hybridized carbons (Fsp3) is 0.451. The highest BCUT2D eigenvalue weighted by molar-refractivity contribution is 6.24. The van der Waals surface area contributed by atoms with Gasteiger partial charge >= 0.3 is 6.03 Å². The average Bonchev–Trinajstić information content (AvgIpc) is 3.58. The number of fused-ring (bicyclic) bond motifs is 1. The molecular weight excluding hydrogens is 851 g/mol. The number of urea groups is 1.